The van der Waals surface area contributed by atoms with Crippen LogP contribution in [0.4, 0.5) is 5.69 Å². The third-order valence-electron chi connectivity index (χ3n) is 4.92. The van der Waals surface area contributed by atoms with Gasteiger partial charge in [0.2, 0.25) is 10.0 Å². The predicted molar refractivity (Wildman–Crippen MR) is 110 cm³/mol. The number of hydrogen-bond acceptors (Lipinski definition) is 4. The van der Waals surface area contributed by atoms with Gasteiger partial charge in [0.05, 0.1) is 24.5 Å². The molecule has 0 fully saturated rings. The van der Waals surface area contributed by atoms with Crippen molar-refractivity contribution in [2.24, 2.45) is 0 Å². The lowest BCUT2D eigenvalue weighted by Gasteiger charge is -2.34. The van der Waals surface area contributed by atoms with Crippen LogP contribution in [0.1, 0.15) is 36.6 Å². The number of nitrogens with one attached hydrogen (secondary N) is 1. The number of carbonyl (C=O) groups is 1. The number of sulfonamides is 1. The first-order valence-corrected chi connectivity index (χ1v) is 11.2. The highest BCUT2D eigenvalue weighted by Gasteiger charge is 2.35. The summed E-state index contributed by atoms with van der Waals surface area (Å²) in [6.45, 7) is 5.81. The van der Waals surface area contributed by atoms with E-state index in [2.05, 4.69) is 12.2 Å². The van der Waals surface area contributed by atoms with Crippen LogP contribution >= 0.6 is 0 Å². The van der Waals surface area contributed by atoms with Crippen LogP contribution in [0, 0.1) is 6.92 Å². The van der Waals surface area contributed by atoms with Crippen LogP contribution in [0.15, 0.2) is 42.5 Å². The third-order valence-corrected chi connectivity index (χ3v) is 6.07. The molecule has 0 aliphatic carbocycles. The molecule has 7 heteroatoms. The van der Waals surface area contributed by atoms with Gasteiger partial charge in [-0.2, -0.15) is 0 Å². The van der Waals surface area contributed by atoms with E-state index >= 15 is 0 Å². The summed E-state index contributed by atoms with van der Waals surface area (Å²) in [5.41, 5.74) is 3.60. The van der Waals surface area contributed by atoms with Crippen molar-refractivity contribution in [3.63, 3.8) is 0 Å². The Hall–Kier alpha value is -2.54. The molecule has 1 heterocycles. The standard InChI is InChI=1S/C21H26N2O4S/c1-5-16-7-9-17(10-8-16)15(3)22-21(24)20-13-23(28(4,25)26)18-12-14(2)6-11-19(18)27-20/h6-12,15,20H,5,13H2,1-4H3,(H,22,24)/t15-,20+/m0/s1. The largest absolute Gasteiger partial charge is 0.476 e. The number of amides is 1. The lowest BCUT2D eigenvalue weighted by molar-refractivity contribution is -0.128. The Bertz CT molecular complexity index is 970. The second kappa shape index (κ2) is 7.83. The van der Waals surface area contributed by atoms with Crippen LogP contribution in [0.5, 0.6) is 5.75 Å². The number of carbonyl (C=O) groups excluding carboxylic acids is 1. The van der Waals surface area contributed by atoms with Gasteiger partial charge in [-0.1, -0.05) is 37.3 Å². The Kier molecular flexibility index (Phi) is 5.65. The molecule has 0 unspecified atom stereocenters. The molecule has 0 aromatic heterocycles. The van der Waals surface area contributed by atoms with Gasteiger partial charge < -0.3 is 10.1 Å². The highest BCUT2D eigenvalue weighted by Crippen LogP contribution is 2.35. The Morgan fingerprint density at radius 1 is 1.25 bits per heavy atom. The number of anilines is 1. The van der Waals surface area contributed by atoms with Crippen LogP contribution in [0.2, 0.25) is 0 Å². The molecule has 1 aliphatic rings. The molecule has 0 spiro atoms. The Labute approximate surface area is 166 Å². The molecular formula is C21H26N2O4S. The van der Waals surface area contributed by atoms with E-state index in [4.69, 9.17) is 4.74 Å². The highest BCUT2D eigenvalue weighted by atomic mass is 32.2. The molecule has 0 saturated carbocycles. The van der Waals surface area contributed by atoms with E-state index in [1.54, 1.807) is 12.1 Å². The average Bonchev–Trinajstić information content (AvgIpc) is 2.66. The van der Waals surface area contributed by atoms with E-state index in [0.29, 0.717) is 11.4 Å². The summed E-state index contributed by atoms with van der Waals surface area (Å²) >= 11 is 0. The number of rotatable bonds is 5. The minimum Gasteiger partial charge on any atom is -0.476 e. The number of ether oxygens (including phenoxy) is 1. The molecular weight excluding hydrogens is 376 g/mol. The maximum absolute atomic E-state index is 12.8. The molecule has 1 N–H and O–H groups in total. The van der Waals surface area contributed by atoms with Crippen molar-refractivity contribution >= 4 is 21.6 Å². The van der Waals surface area contributed by atoms with E-state index in [0.717, 1.165) is 23.8 Å². The first kappa shape index (κ1) is 20.2. The van der Waals surface area contributed by atoms with Gasteiger partial charge in [0.15, 0.2) is 6.10 Å². The monoisotopic (exact) mass is 402 g/mol. The predicted octanol–water partition coefficient (Wildman–Crippen LogP) is 2.96. The van der Waals surface area contributed by atoms with Crippen molar-refractivity contribution in [1.82, 2.24) is 5.32 Å². The molecule has 2 aromatic carbocycles. The number of fused-ring (bicyclic) bond motifs is 1. The highest BCUT2D eigenvalue weighted by molar-refractivity contribution is 7.92. The molecule has 1 aliphatic heterocycles. The molecule has 28 heavy (non-hydrogen) atoms. The van der Waals surface area contributed by atoms with E-state index < -0.39 is 16.1 Å². The van der Waals surface area contributed by atoms with E-state index in [-0.39, 0.29) is 18.5 Å². The average molecular weight is 403 g/mol. The Morgan fingerprint density at radius 2 is 1.93 bits per heavy atom. The zero-order chi connectivity index (χ0) is 20.5. The quantitative estimate of drug-likeness (QED) is 0.834. The Morgan fingerprint density at radius 3 is 2.54 bits per heavy atom. The summed E-state index contributed by atoms with van der Waals surface area (Å²) in [6.07, 6.45) is 1.18. The summed E-state index contributed by atoms with van der Waals surface area (Å²) < 4.78 is 31.6. The SMILES string of the molecule is CCc1ccc([C@H](C)NC(=O)[C@H]2CN(S(C)(=O)=O)c3cc(C)ccc3O2)cc1. The van der Waals surface area contributed by atoms with Crippen LogP contribution in [0.25, 0.3) is 0 Å². The van der Waals surface area contributed by atoms with Gasteiger partial charge in [0.25, 0.3) is 5.91 Å². The fourth-order valence-electron chi connectivity index (χ4n) is 3.24. The van der Waals surface area contributed by atoms with Crippen molar-refractivity contribution in [2.75, 3.05) is 17.1 Å². The normalized spacial score (nSPS) is 17.4. The summed E-state index contributed by atoms with van der Waals surface area (Å²) in [7, 11) is -3.54. The Balaban J connectivity index is 1.79. The first-order chi connectivity index (χ1) is 13.2. The van der Waals surface area contributed by atoms with Gasteiger partial charge >= 0.3 is 0 Å². The maximum atomic E-state index is 12.8. The minimum atomic E-state index is -3.54. The van der Waals surface area contributed by atoms with Crippen molar-refractivity contribution in [3.8, 4) is 5.75 Å². The van der Waals surface area contributed by atoms with E-state index in [9.17, 15) is 13.2 Å². The number of benzene rings is 2. The van der Waals surface area contributed by atoms with Gasteiger partial charge in [0.1, 0.15) is 5.75 Å². The molecule has 6 nitrogen and oxygen atoms in total. The fraction of sp³-hybridized carbons (Fsp3) is 0.381. The topological polar surface area (TPSA) is 75.7 Å². The van der Waals surface area contributed by atoms with Crippen molar-refractivity contribution in [2.45, 2.75) is 39.3 Å². The molecule has 0 radical (unpaired) electrons. The van der Waals surface area contributed by atoms with E-state index in [1.165, 1.54) is 9.87 Å². The molecule has 3 rings (SSSR count). The molecule has 150 valence electrons. The molecule has 2 aromatic rings. The van der Waals surface area contributed by atoms with Crippen molar-refractivity contribution < 1.29 is 17.9 Å². The zero-order valence-electron chi connectivity index (χ0n) is 16.6. The number of hydrogen-bond donors (Lipinski definition) is 1. The van der Waals surface area contributed by atoms with Crippen molar-refractivity contribution in [3.05, 3.63) is 59.2 Å². The summed E-state index contributed by atoms with van der Waals surface area (Å²) in [4.78, 5) is 12.8. The lowest BCUT2D eigenvalue weighted by Crippen LogP contribution is -2.50. The van der Waals surface area contributed by atoms with Gasteiger partial charge in [-0.05, 0) is 49.1 Å². The first-order valence-electron chi connectivity index (χ1n) is 9.33. The fourth-order valence-corrected chi connectivity index (χ4v) is 4.15. The van der Waals surface area contributed by atoms with Crippen LogP contribution < -0.4 is 14.4 Å². The van der Waals surface area contributed by atoms with E-state index in [1.807, 2.05) is 44.2 Å². The van der Waals surface area contributed by atoms with Crippen LogP contribution in [-0.2, 0) is 21.2 Å². The third kappa shape index (κ3) is 4.30. The van der Waals surface area contributed by atoms with Gasteiger partial charge in [-0.15, -0.1) is 0 Å². The molecule has 0 saturated heterocycles. The van der Waals surface area contributed by atoms with Gasteiger partial charge in [-0.25, -0.2) is 8.42 Å². The zero-order valence-corrected chi connectivity index (χ0v) is 17.4. The smallest absolute Gasteiger partial charge is 0.263 e. The van der Waals surface area contributed by atoms with Crippen LogP contribution in [-0.4, -0.2) is 33.2 Å². The lowest BCUT2D eigenvalue weighted by atomic mass is 10.0. The summed E-state index contributed by atoms with van der Waals surface area (Å²) in [5, 5.41) is 2.93. The van der Waals surface area contributed by atoms with Gasteiger partial charge in [0, 0.05) is 0 Å². The summed E-state index contributed by atoms with van der Waals surface area (Å²) in [5.74, 6) is 0.0503. The summed E-state index contributed by atoms with van der Waals surface area (Å²) in [6, 6.07) is 13.1. The van der Waals surface area contributed by atoms with Crippen molar-refractivity contribution in [1.29, 1.82) is 0 Å². The minimum absolute atomic E-state index is 0.0530. The molecule has 2 atom stereocenters. The number of aryl methyl sites for hydroxylation is 2. The second-order valence-electron chi connectivity index (χ2n) is 7.20. The maximum Gasteiger partial charge on any atom is 0.263 e. The number of nitrogens with zero attached hydrogens (tertiary/aromatic N) is 1. The van der Waals surface area contributed by atoms with Gasteiger partial charge in [-0.3, -0.25) is 9.10 Å². The molecule has 1 amide bonds. The second-order valence-corrected chi connectivity index (χ2v) is 9.10. The van der Waals surface area contributed by atoms with Crippen LogP contribution in [0.3, 0.4) is 0 Å². The molecule has 0 bridgehead atoms.